The lowest BCUT2D eigenvalue weighted by atomic mass is 10.1. The topological polar surface area (TPSA) is 17.3 Å². The number of nitrogens with zero attached hydrogens (tertiary/aromatic N) is 2. The Kier molecular flexibility index (Phi) is 2.19. The summed E-state index contributed by atoms with van der Waals surface area (Å²) in [4.78, 5) is 4.81. The second kappa shape index (κ2) is 3.70. The maximum Gasteiger partial charge on any atom is 0.138 e. The fourth-order valence-electron chi connectivity index (χ4n) is 3.10. The molecule has 0 saturated carbocycles. The molecule has 0 radical (unpaired) electrons. The number of hydrogen-bond acceptors (Lipinski definition) is 1. The van der Waals surface area contributed by atoms with Crippen LogP contribution in [0.1, 0.15) is 22.5 Å². The molecule has 0 N–H and O–H groups in total. The Morgan fingerprint density at radius 2 is 2.00 bits per heavy atom. The number of rotatable bonds is 0. The van der Waals surface area contributed by atoms with Crippen LogP contribution in [0.25, 0.3) is 16.9 Å². The number of hydrogen-bond donors (Lipinski definition) is 0. The lowest BCUT2D eigenvalue weighted by molar-refractivity contribution is 1.09. The molecule has 19 heavy (non-hydrogen) atoms. The van der Waals surface area contributed by atoms with E-state index in [2.05, 4.69) is 64.5 Å². The van der Waals surface area contributed by atoms with E-state index in [-0.39, 0.29) is 0 Å². The first-order valence-electron chi connectivity index (χ1n) is 6.41. The molecule has 0 unspecified atom stereocenters. The maximum absolute atomic E-state index is 4.81. The summed E-state index contributed by atoms with van der Waals surface area (Å²) in [6, 6.07) is 10.9. The minimum Gasteiger partial charge on any atom is -0.297 e. The number of pyridine rings is 1. The summed E-state index contributed by atoms with van der Waals surface area (Å²) in [6.45, 7) is 4.27. The summed E-state index contributed by atoms with van der Waals surface area (Å²) in [5.41, 5.74) is 8.73. The van der Waals surface area contributed by atoms with Crippen LogP contribution >= 0.6 is 15.9 Å². The minimum absolute atomic E-state index is 0.935. The molecule has 0 atom stereocenters. The SMILES string of the molecule is Cc1cc(C)n2c3c(nc2c1)Cc1cc(Br)ccc1-3. The van der Waals surface area contributed by atoms with Crippen molar-refractivity contribution in [3.63, 3.8) is 0 Å². The van der Waals surface area contributed by atoms with Crippen LogP contribution < -0.4 is 0 Å². The van der Waals surface area contributed by atoms with Crippen LogP contribution in [-0.2, 0) is 6.42 Å². The molecule has 1 aliphatic rings. The van der Waals surface area contributed by atoms with Crippen LogP contribution in [0.3, 0.4) is 0 Å². The lowest BCUT2D eigenvalue weighted by Gasteiger charge is -2.07. The molecule has 0 spiro atoms. The normalized spacial score (nSPS) is 12.8. The number of benzene rings is 1. The highest BCUT2D eigenvalue weighted by atomic mass is 79.9. The van der Waals surface area contributed by atoms with Gasteiger partial charge >= 0.3 is 0 Å². The van der Waals surface area contributed by atoms with Gasteiger partial charge in [0.25, 0.3) is 0 Å². The van der Waals surface area contributed by atoms with Gasteiger partial charge in [0.15, 0.2) is 0 Å². The van der Waals surface area contributed by atoms with Gasteiger partial charge in [0.05, 0.1) is 11.4 Å². The second-order valence-corrected chi connectivity index (χ2v) is 6.17. The number of aryl methyl sites for hydroxylation is 2. The van der Waals surface area contributed by atoms with Gasteiger partial charge < -0.3 is 0 Å². The monoisotopic (exact) mass is 312 g/mol. The zero-order valence-electron chi connectivity index (χ0n) is 10.9. The molecular weight excluding hydrogens is 300 g/mol. The van der Waals surface area contributed by atoms with Crippen LogP contribution in [-0.4, -0.2) is 9.38 Å². The van der Waals surface area contributed by atoms with Crippen molar-refractivity contribution in [1.82, 2.24) is 9.38 Å². The van der Waals surface area contributed by atoms with Crippen molar-refractivity contribution in [3.8, 4) is 11.3 Å². The minimum atomic E-state index is 0.935. The van der Waals surface area contributed by atoms with Gasteiger partial charge in [-0.15, -0.1) is 0 Å². The van der Waals surface area contributed by atoms with Gasteiger partial charge in [-0.3, -0.25) is 4.40 Å². The highest BCUT2D eigenvalue weighted by Crippen LogP contribution is 2.38. The second-order valence-electron chi connectivity index (χ2n) is 5.25. The molecule has 0 amide bonds. The molecule has 94 valence electrons. The molecule has 2 heterocycles. The summed E-state index contributed by atoms with van der Waals surface area (Å²) >= 11 is 3.54. The third-order valence-electron chi connectivity index (χ3n) is 3.80. The predicted molar refractivity (Wildman–Crippen MR) is 80.6 cm³/mol. The predicted octanol–water partition coefficient (Wildman–Crippen LogP) is 4.28. The van der Waals surface area contributed by atoms with Gasteiger partial charge in [-0.1, -0.05) is 22.0 Å². The number of halogens is 1. The third kappa shape index (κ3) is 1.51. The zero-order valence-corrected chi connectivity index (χ0v) is 12.5. The van der Waals surface area contributed by atoms with Crippen molar-refractivity contribution in [1.29, 1.82) is 0 Å². The fourth-order valence-corrected chi connectivity index (χ4v) is 3.51. The number of aromatic nitrogens is 2. The van der Waals surface area contributed by atoms with Crippen LogP contribution in [0.4, 0.5) is 0 Å². The smallest absolute Gasteiger partial charge is 0.138 e. The third-order valence-corrected chi connectivity index (χ3v) is 4.30. The van der Waals surface area contributed by atoms with Crippen molar-refractivity contribution in [2.75, 3.05) is 0 Å². The van der Waals surface area contributed by atoms with E-state index in [9.17, 15) is 0 Å². The molecule has 1 aromatic carbocycles. The van der Waals surface area contributed by atoms with Crippen molar-refractivity contribution in [3.05, 3.63) is 57.3 Å². The first kappa shape index (κ1) is 11.2. The Balaban J connectivity index is 2.10. The molecule has 3 aromatic rings. The van der Waals surface area contributed by atoms with Crippen LogP contribution in [0.2, 0.25) is 0 Å². The summed E-state index contributed by atoms with van der Waals surface area (Å²) in [5, 5.41) is 0. The molecule has 4 rings (SSSR count). The number of fused-ring (bicyclic) bond motifs is 5. The fraction of sp³-hybridized carbons (Fsp3) is 0.188. The van der Waals surface area contributed by atoms with E-state index in [0.29, 0.717) is 0 Å². The van der Waals surface area contributed by atoms with Gasteiger partial charge in [0.2, 0.25) is 0 Å². The first-order chi connectivity index (χ1) is 9.13. The van der Waals surface area contributed by atoms with E-state index in [1.54, 1.807) is 0 Å². The van der Waals surface area contributed by atoms with E-state index in [1.165, 1.54) is 33.8 Å². The quantitative estimate of drug-likeness (QED) is 0.473. The van der Waals surface area contributed by atoms with Gasteiger partial charge in [-0.2, -0.15) is 0 Å². The maximum atomic E-state index is 4.81. The Morgan fingerprint density at radius 3 is 2.84 bits per heavy atom. The molecule has 0 aliphatic heterocycles. The Bertz CT molecular complexity index is 830. The van der Waals surface area contributed by atoms with Crippen molar-refractivity contribution in [2.45, 2.75) is 20.3 Å². The van der Waals surface area contributed by atoms with E-state index in [0.717, 1.165) is 16.5 Å². The molecular formula is C16H13BrN2. The van der Waals surface area contributed by atoms with Crippen LogP contribution in [0.5, 0.6) is 0 Å². The van der Waals surface area contributed by atoms with Crippen molar-refractivity contribution >= 4 is 21.6 Å². The van der Waals surface area contributed by atoms with Gasteiger partial charge in [-0.25, -0.2) is 4.98 Å². The molecule has 1 aliphatic carbocycles. The van der Waals surface area contributed by atoms with E-state index in [4.69, 9.17) is 4.98 Å². The summed E-state index contributed by atoms with van der Waals surface area (Å²) in [5.74, 6) is 0. The standard InChI is InChI=1S/C16H13BrN2/c1-9-5-10(2)19-15(6-9)18-14-8-11-7-12(17)3-4-13(11)16(14)19/h3-7H,8H2,1-2H3. The Morgan fingerprint density at radius 1 is 1.16 bits per heavy atom. The van der Waals surface area contributed by atoms with E-state index >= 15 is 0 Å². The zero-order chi connectivity index (χ0) is 13.1. The molecule has 0 fully saturated rings. The van der Waals surface area contributed by atoms with Gasteiger partial charge in [-0.05, 0) is 49.2 Å². The largest absolute Gasteiger partial charge is 0.297 e. The molecule has 2 nitrogen and oxygen atoms in total. The highest BCUT2D eigenvalue weighted by Gasteiger charge is 2.24. The average Bonchev–Trinajstić information content (AvgIpc) is 2.82. The van der Waals surface area contributed by atoms with Gasteiger partial charge in [0.1, 0.15) is 5.65 Å². The average molecular weight is 313 g/mol. The molecule has 0 bridgehead atoms. The van der Waals surface area contributed by atoms with Crippen molar-refractivity contribution in [2.24, 2.45) is 0 Å². The van der Waals surface area contributed by atoms with Crippen LogP contribution in [0.15, 0.2) is 34.8 Å². The first-order valence-corrected chi connectivity index (χ1v) is 7.20. The lowest BCUT2D eigenvalue weighted by Crippen LogP contribution is -1.95. The van der Waals surface area contributed by atoms with Crippen LogP contribution in [0, 0.1) is 13.8 Å². The highest BCUT2D eigenvalue weighted by molar-refractivity contribution is 9.10. The summed E-state index contributed by atoms with van der Waals surface area (Å²) < 4.78 is 3.42. The summed E-state index contributed by atoms with van der Waals surface area (Å²) in [7, 11) is 0. The molecule has 2 aromatic heterocycles. The van der Waals surface area contributed by atoms with Gasteiger partial charge in [0, 0.05) is 22.2 Å². The molecule has 0 saturated heterocycles. The Labute approximate surface area is 120 Å². The summed E-state index contributed by atoms with van der Waals surface area (Å²) in [6.07, 6.45) is 0.935. The Hall–Kier alpha value is -1.61. The van der Waals surface area contributed by atoms with E-state index < -0.39 is 0 Å². The van der Waals surface area contributed by atoms with Crippen molar-refractivity contribution < 1.29 is 0 Å². The molecule has 3 heteroatoms. The van der Waals surface area contributed by atoms with E-state index in [1.807, 2.05) is 0 Å². The number of imidazole rings is 1.